The van der Waals surface area contributed by atoms with E-state index in [2.05, 4.69) is 25.1 Å². The van der Waals surface area contributed by atoms with Crippen molar-refractivity contribution in [3.8, 4) is 0 Å². The zero-order valence-electron chi connectivity index (χ0n) is 12.0. The van der Waals surface area contributed by atoms with E-state index < -0.39 is 23.8 Å². The number of carbonyl (C=O) groups is 4. The number of pyridine rings is 1. The van der Waals surface area contributed by atoms with Gasteiger partial charge in [0.2, 0.25) is 0 Å². The van der Waals surface area contributed by atoms with Gasteiger partial charge < -0.3 is 20.1 Å². The van der Waals surface area contributed by atoms with Crippen molar-refractivity contribution in [2.24, 2.45) is 0 Å². The van der Waals surface area contributed by atoms with E-state index in [1.807, 2.05) is 0 Å². The molecule has 22 heavy (non-hydrogen) atoms. The number of amides is 2. The van der Waals surface area contributed by atoms with Crippen molar-refractivity contribution in [2.75, 3.05) is 27.3 Å². The molecule has 1 heterocycles. The lowest BCUT2D eigenvalue weighted by atomic mass is 10.2. The molecule has 0 aliphatic carbocycles. The Balaban J connectivity index is 2.68. The van der Waals surface area contributed by atoms with Gasteiger partial charge in [0.05, 0.1) is 14.2 Å². The monoisotopic (exact) mass is 309 g/mol. The van der Waals surface area contributed by atoms with Gasteiger partial charge in [-0.05, 0) is 12.1 Å². The predicted octanol–water partition coefficient (Wildman–Crippen LogP) is -1.11. The second-order valence-electron chi connectivity index (χ2n) is 3.93. The molecule has 0 aromatic carbocycles. The second kappa shape index (κ2) is 8.35. The lowest BCUT2D eigenvalue weighted by Gasteiger charge is -2.06. The van der Waals surface area contributed by atoms with E-state index in [0.717, 1.165) is 0 Å². The number of carbonyl (C=O) groups excluding carboxylic acids is 4. The van der Waals surface area contributed by atoms with Crippen LogP contribution in [-0.4, -0.2) is 56.0 Å². The van der Waals surface area contributed by atoms with Crippen LogP contribution in [0.4, 0.5) is 0 Å². The summed E-state index contributed by atoms with van der Waals surface area (Å²) in [7, 11) is 2.39. The fourth-order valence-electron chi connectivity index (χ4n) is 1.32. The van der Waals surface area contributed by atoms with E-state index in [9.17, 15) is 19.2 Å². The van der Waals surface area contributed by atoms with Crippen LogP contribution < -0.4 is 10.6 Å². The van der Waals surface area contributed by atoms with Crippen LogP contribution in [0.15, 0.2) is 18.2 Å². The van der Waals surface area contributed by atoms with Gasteiger partial charge in [-0.2, -0.15) is 0 Å². The van der Waals surface area contributed by atoms with Crippen LogP contribution in [0.5, 0.6) is 0 Å². The highest BCUT2D eigenvalue weighted by Crippen LogP contribution is 2.00. The molecule has 0 radical (unpaired) electrons. The topological polar surface area (TPSA) is 124 Å². The summed E-state index contributed by atoms with van der Waals surface area (Å²) in [4.78, 5) is 49.3. The first-order valence-corrected chi connectivity index (χ1v) is 6.15. The van der Waals surface area contributed by atoms with Gasteiger partial charge in [0, 0.05) is 0 Å². The second-order valence-corrected chi connectivity index (χ2v) is 3.93. The first kappa shape index (κ1) is 17.1. The van der Waals surface area contributed by atoms with Gasteiger partial charge in [-0.15, -0.1) is 0 Å². The predicted molar refractivity (Wildman–Crippen MR) is 72.9 cm³/mol. The Morgan fingerprint density at radius 1 is 0.909 bits per heavy atom. The van der Waals surface area contributed by atoms with Crippen LogP contribution in [-0.2, 0) is 19.1 Å². The van der Waals surface area contributed by atoms with Gasteiger partial charge >= 0.3 is 11.9 Å². The molecular weight excluding hydrogens is 294 g/mol. The number of esters is 2. The highest BCUT2D eigenvalue weighted by Gasteiger charge is 2.14. The van der Waals surface area contributed by atoms with Crippen LogP contribution in [0, 0.1) is 0 Å². The van der Waals surface area contributed by atoms with Gasteiger partial charge in [-0.3, -0.25) is 19.2 Å². The van der Waals surface area contributed by atoms with Crippen molar-refractivity contribution in [3.05, 3.63) is 29.6 Å². The standard InChI is InChI=1S/C13H15N3O6/c1-21-10(17)6-14-12(19)8-4-3-5-9(16-8)13(20)15-7-11(18)22-2/h3-5H,6-7H2,1-2H3,(H,14,19)(H,15,20). The number of nitrogens with zero attached hydrogens (tertiary/aromatic N) is 1. The van der Waals surface area contributed by atoms with E-state index in [1.54, 1.807) is 0 Å². The molecule has 1 rings (SSSR count). The Hall–Kier alpha value is -2.97. The van der Waals surface area contributed by atoms with Crippen molar-refractivity contribution >= 4 is 23.8 Å². The molecule has 0 bridgehead atoms. The number of hydrogen-bond acceptors (Lipinski definition) is 7. The van der Waals surface area contributed by atoms with E-state index in [0.29, 0.717) is 0 Å². The summed E-state index contributed by atoms with van der Waals surface area (Å²) in [5, 5.41) is 4.59. The molecule has 0 saturated heterocycles. The Morgan fingerprint density at radius 3 is 1.68 bits per heavy atom. The van der Waals surface area contributed by atoms with Gasteiger partial charge in [0.25, 0.3) is 11.8 Å². The van der Waals surface area contributed by atoms with Gasteiger partial charge in [0.1, 0.15) is 24.5 Å². The minimum Gasteiger partial charge on any atom is -0.468 e. The van der Waals surface area contributed by atoms with Gasteiger partial charge in [0.15, 0.2) is 0 Å². The number of hydrogen-bond donors (Lipinski definition) is 2. The molecule has 0 saturated carbocycles. The number of nitrogens with one attached hydrogen (secondary N) is 2. The third-order valence-corrected chi connectivity index (χ3v) is 2.46. The average Bonchev–Trinajstić information content (AvgIpc) is 2.56. The SMILES string of the molecule is COC(=O)CNC(=O)c1cccc(C(=O)NCC(=O)OC)n1. The van der Waals surface area contributed by atoms with Gasteiger partial charge in [-0.25, -0.2) is 4.98 Å². The first-order valence-electron chi connectivity index (χ1n) is 6.15. The molecule has 0 fully saturated rings. The smallest absolute Gasteiger partial charge is 0.325 e. The van der Waals surface area contributed by atoms with Crippen LogP contribution >= 0.6 is 0 Å². The summed E-state index contributed by atoms with van der Waals surface area (Å²) < 4.78 is 8.76. The Kier molecular flexibility index (Phi) is 6.48. The number of ether oxygens (including phenoxy) is 2. The van der Waals surface area contributed by atoms with Crippen LogP contribution in [0.25, 0.3) is 0 Å². The summed E-state index contributed by atoms with van der Waals surface area (Å²) in [5.74, 6) is -2.48. The zero-order chi connectivity index (χ0) is 16.5. The Labute approximate surface area is 126 Å². The van der Waals surface area contributed by atoms with E-state index in [4.69, 9.17) is 0 Å². The number of methoxy groups -OCH3 is 2. The van der Waals surface area contributed by atoms with Crippen LogP contribution in [0.3, 0.4) is 0 Å². The number of aromatic nitrogens is 1. The van der Waals surface area contributed by atoms with Crippen molar-refractivity contribution in [1.82, 2.24) is 15.6 Å². The molecule has 0 unspecified atom stereocenters. The lowest BCUT2D eigenvalue weighted by molar-refractivity contribution is -0.140. The molecule has 118 valence electrons. The molecule has 9 heteroatoms. The molecule has 0 aliphatic rings. The molecule has 0 atom stereocenters. The first-order chi connectivity index (χ1) is 10.5. The molecule has 2 amide bonds. The fourth-order valence-corrected chi connectivity index (χ4v) is 1.32. The Bertz CT molecular complexity index is 540. The Morgan fingerprint density at radius 2 is 1.32 bits per heavy atom. The summed E-state index contributed by atoms with van der Waals surface area (Å²) in [6, 6.07) is 4.21. The zero-order valence-corrected chi connectivity index (χ0v) is 12.0. The van der Waals surface area contributed by atoms with Gasteiger partial charge in [-0.1, -0.05) is 6.07 Å². The minimum absolute atomic E-state index is 0.0466. The van der Waals surface area contributed by atoms with Crippen LogP contribution in [0.2, 0.25) is 0 Å². The summed E-state index contributed by atoms with van der Waals surface area (Å²) in [6.45, 7) is -0.619. The fraction of sp³-hybridized carbons (Fsp3) is 0.308. The van der Waals surface area contributed by atoms with Crippen LogP contribution in [0.1, 0.15) is 21.0 Å². The molecule has 9 nitrogen and oxygen atoms in total. The maximum Gasteiger partial charge on any atom is 0.325 e. The third-order valence-electron chi connectivity index (χ3n) is 2.46. The molecular formula is C13H15N3O6. The molecule has 2 N–H and O–H groups in total. The average molecular weight is 309 g/mol. The van der Waals surface area contributed by atoms with E-state index in [1.165, 1.54) is 32.4 Å². The lowest BCUT2D eigenvalue weighted by Crippen LogP contribution is -2.33. The molecule has 1 aromatic rings. The quantitative estimate of drug-likeness (QED) is 0.638. The normalized spacial score (nSPS) is 9.55. The largest absolute Gasteiger partial charge is 0.468 e. The summed E-state index contributed by atoms with van der Waals surface area (Å²) in [5.41, 5.74) is -0.0933. The van der Waals surface area contributed by atoms with Crippen molar-refractivity contribution in [1.29, 1.82) is 0 Å². The summed E-state index contributed by atoms with van der Waals surface area (Å²) in [6.07, 6.45) is 0. The highest BCUT2D eigenvalue weighted by molar-refractivity contribution is 5.97. The van der Waals surface area contributed by atoms with E-state index in [-0.39, 0.29) is 24.5 Å². The molecule has 1 aromatic heterocycles. The molecule has 0 aliphatic heterocycles. The maximum atomic E-state index is 11.8. The minimum atomic E-state index is -0.631. The molecule has 0 spiro atoms. The highest BCUT2D eigenvalue weighted by atomic mass is 16.5. The van der Waals surface area contributed by atoms with E-state index >= 15 is 0 Å². The van der Waals surface area contributed by atoms with Crippen molar-refractivity contribution in [3.63, 3.8) is 0 Å². The van der Waals surface area contributed by atoms with Crippen molar-refractivity contribution < 1.29 is 28.7 Å². The number of rotatable bonds is 6. The summed E-state index contributed by atoms with van der Waals surface area (Å²) >= 11 is 0. The third kappa shape index (κ3) is 5.19. The maximum absolute atomic E-state index is 11.8. The van der Waals surface area contributed by atoms with Crippen molar-refractivity contribution in [2.45, 2.75) is 0 Å².